The minimum Gasteiger partial charge on any atom is -0.467 e. The lowest BCUT2D eigenvalue weighted by molar-refractivity contribution is -0.147. The first-order chi connectivity index (χ1) is 61.0. The summed E-state index contributed by atoms with van der Waals surface area (Å²) in [7, 11) is 1.95. The fourth-order valence-corrected chi connectivity index (χ4v) is 20.2. The molecule has 14 amide bonds. The summed E-state index contributed by atoms with van der Waals surface area (Å²) < 4.78 is 34.0. The molecule has 7 aromatic heterocycles. The number of furan rings is 1. The highest BCUT2D eigenvalue weighted by Crippen LogP contribution is 2.36. The Bertz CT molecular complexity index is 5560. The van der Waals surface area contributed by atoms with Crippen molar-refractivity contribution in [2.24, 2.45) is 0 Å². The van der Waals surface area contributed by atoms with Gasteiger partial charge in [0.1, 0.15) is 35.6 Å². The van der Waals surface area contributed by atoms with Gasteiger partial charge in [-0.25, -0.2) is 38.4 Å². The SMILES string of the molecule is C#C[C@]1(CN2CCc3ccsc3C2=O)NC(=O)NC1=O.COC(=O)NC(C#C[Si](C)(C)C)(CN1CCc2ccsc2C1=O)C(=O)OC.COC(=O)N[C@@H](C#C[Si](C)(C)C)C(=O)OC.COC(=O)N[C@](C#C[Si](C)(C)C)(CN1CCc2ccsc2C1=O)C(=O)OC.O=C1NC(=O)[C@](CN2CCc3ccsc3C2=O)(c2cc3cnccc3o2)N1.O=C1c2sccc2CCN1CBr. The van der Waals surface area contributed by atoms with Crippen LogP contribution in [0.15, 0.2) is 86.2 Å². The van der Waals surface area contributed by atoms with Crippen LogP contribution < -0.4 is 37.2 Å². The van der Waals surface area contributed by atoms with Crippen LogP contribution >= 0.6 is 72.6 Å². The number of urea groups is 2. The number of halogens is 1. The van der Waals surface area contributed by atoms with Crippen LogP contribution in [0.3, 0.4) is 0 Å². The number of terminal acetylenes is 1. The van der Waals surface area contributed by atoms with Gasteiger partial charge in [-0.05, 0) is 129 Å². The van der Waals surface area contributed by atoms with Gasteiger partial charge in [-0.3, -0.25) is 65.1 Å². The topological polar surface area (TPSA) is 438 Å². The van der Waals surface area contributed by atoms with E-state index >= 15 is 0 Å². The molecule has 0 bridgehead atoms. The summed E-state index contributed by atoms with van der Waals surface area (Å²) in [6.45, 7) is 20.6. The Balaban J connectivity index is 0.000000178. The predicted molar refractivity (Wildman–Crippen MR) is 494 cm³/mol. The molecular weight excluding hydrogens is 1880 g/mol. The van der Waals surface area contributed by atoms with Crippen molar-refractivity contribution in [2.75, 3.05) is 107 Å². The molecule has 35 nitrogen and oxygen atoms in total. The van der Waals surface area contributed by atoms with Crippen molar-refractivity contribution < 1.29 is 105 Å². The Kier molecular flexibility index (Phi) is 33.9. The van der Waals surface area contributed by atoms with Crippen LogP contribution in [0.4, 0.5) is 24.0 Å². The number of carbonyl (C=O) groups excluding carboxylic acids is 15. The van der Waals surface area contributed by atoms with Crippen LogP contribution in [0.25, 0.3) is 11.0 Å². The largest absolute Gasteiger partial charge is 0.467 e. The molecule has 0 saturated carbocycles. The number of hydrogen-bond acceptors (Lipinski definition) is 28. The fraction of sp³-hybridized carbons (Fsp3) is 0.412. The number of pyridine rings is 1. The Hall–Kier alpha value is -12.0. The number of amides is 14. The number of esters is 3. The number of ether oxygens (including phenoxy) is 6. The monoisotopic (exact) mass is 1980 g/mol. The van der Waals surface area contributed by atoms with Crippen molar-refractivity contribution in [1.29, 1.82) is 0 Å². The number of alkyl carbamates (subject to hydrolysis) is 3. The van der Waals surface area contributed by atoms with Crippen LogP contribution in [-0.2, 0) is 90.0 Å². The molecule has 0 aliphatic carbocycles. The Morgan fingerprint density at radius 2 is 0.891 bits per heavy atom. The maximum atomic E-state index is 12.9. The van der Waals surface area contributed by atoms with Crippen molar-refractivity contribution in [1.82, 2.24) is 66.7 Å². The second kappa shape index (κ2) is 43.4. The average molecular weight is 1980 g/mol. The Morgan fingerprint density at radius 1 is 0.512 bits per heavy atom. The van der Waals surface area contributed by atoms with Crippen molar-refractivity contribution >= 4 is 197 Å². The Labute approximate surface area is 776 Å². The van der Waals surface area contributed by atoms with Crippen LogP contribution in [0.2, 0.25) is 58.9 Å². The van der Waals surface area contributed by atoms with Crippen molar-refractivity contribution in [2.45, 2.75) is 119 Å². The molecule has 14 heterocycles. The van der Waals surface area contributed by atoms with Gasteiger partial charge < -0.3 is 68.0 Å². The number of thiophene rings is 5. The summed E-state index contributed by atoms with van der Waals surface area (Å²) in [5.41, 5.74) is 9.33. The van der Waals surface area contributed by atoms with E-state index in [1.807, 2.05) is 121 Å². The van der Waals surface area contributed by atoms with E-state index in [4.69, 9.17) is 20.3 Å². The summed E-state index contributed by atoms with van der Waals surface area (Å²) in [4.78, 5) is 197. The highest BCUT2D eigenvalue weighted by Gasteiger charge is 2.54. The van der Waals surface area contributed by atoms with E-state index in [-0.39, 0.29) is 61.5 Å². The fourth-order valence-electron chi connectivity index (χ4n) is 13.3. The van der Waals surface area contributed by atoms with Gasteiger partial charge in [0.05, 0.1) is 98.7 Å². The molecule has 2 fully saturated rings. The number of alkyl halides is 1. The number of rotatable bonds is 16. The standard InChI is InChI=1S/C18H14N4O4S.2C18H24N2O5SSi.C13H11N3O3S.C10H17NO4Si.C8H8BrNOS/c23-15-14-10(3-6-27-14)2-5-22(15)9-18(16(24)20-17(25)21-18)13-7-11-8-19-4-1-12(11)26-13;2*1-24-16(22)18(19-17(23)25-2,8-11-27(3,4)5)12-20-9-6-13-7-10-26-14(13)15(20)21;1-2-13(11(18)14-12(19)15-13)7-16-5-3-8-4-6-20-9(8)10(16)17;1-14-9(12)8(11-10(13)15-2)6-7-16(3,4)5;9-5-10-3-1-6-2-4-12-7(6)8(10)11/h1,3-4,6-8H,2,5,9H2,(H2,20,21,24,25);2*7,10H,6,9,12H2,1-5H3,(H,19,23);1,4,6H,3,5,7H2,(H2,14,15,18,19);8H,1-5H3,(H,11,13);2,4H,1,3,5H2/t2*18-;;13-;8-;/m01.10./s1. The second-order valence-corrected chi connectivity index (χ2v) is 52.0. The summed E-state index contributed by atoms with van der Waals surface area (Å²) in [5.74, 6) is 7.43. The summed E-state index contributed by atoms with van der Waals surface area (Å²) >= 11 is 10.3. The van der Waals surface area contributed by atoms with Crippen LogP contribution in [0.1, 0.15) is 81.9 Å². The molecule has 0 radical (unpaired) electrons. The quantitative estimate of drug-likeness (QED) is 0.00910. The summed E-state index contributed by atoms with van der Waals surface area (Å²) in [5, 5.41) is 27.0. The van der Waals surface area contributed by atoms with Gasteiger partial charge in [-0.1, -0.05) is 98.5 Å². The molecule has 129 heavy (non-hydrogen) atoms. The van der Waals surface area contributed by atoms with Gasteiger partial charge in [-0.2, -0.15) is 0 Å². The molecular formula is C85H98BrN13O22S5Si3. The maximum absolute atomic E-state index is 12.9. The molecule has 7 N–H and O–H groups in total. The zero-order valence-corrected chi connectivity index (χ0v) is 82.1. The minimum atomic E-state index is -1.88. The number of nitrogens with one attached hydrogen (secondary N) is 7. The van der Waals surface area contributed by atoms with Gasteiger partial charge in [0, 0.05) is 50.5 Å². The van der Waals surface area contributed by atoms with Gasteiger partial charge in [0.2, 0.25) is 11.1 Å². The molecule has 2 saturated heterocycles. The molecule has 0 aromatic carbocycles. The first-order valence-electron chi connectivity index (χ1n) is 39.8. The summed E-state index contributed by atoms with van der Waals surface area (Å²) in [6.07, 6.45) is 10.1. The number of hydrogen-bond donors (Lipinski definition) is 7. The predicted octanol–water partition coefficient (Wildman–Crippen LogP) is 8.23. The molecule has 14 rings (SSSR count). The molecule has 7 aromatic rings. The van der Waals surface area contributed by atoms with Gasteiger partial charge in [0.25, 0.3) is 41.4 Å². The molecule has 7 aliphatic heterocycles. The lowest BCUT2D eigenvalue weighted by atomic mass is 9.94. The lowest BCUT2D eigenvalue weighted by Crippen LogP contribution is -2.62. The van der Waals surface area contributed by atoms with E-state index in [1.165, 1.54) is 108 Å². The van der Waals surface area contributed by atoms with Gasteiger partial charge in [0.15, 0.2) is 17.1 Å². The molecule has 1 unspecified atom stereocenters. The van der Waals surface area contributed by atoms with E-state index < -0.39 is 112 Å². The van der Waals surface area contributed by atoms with Gasteiger partial charge in [-0.15, -0.1) is 79.7 Å². The first-order valence-corrected chi connectivity index (χ1v) is 55.9. The minimum absolute atomic E-state index is 0.00596. The van der Waals surface area contributed by atoms with E-state index in [1.54, 1.807) is 40.8 Å². The van der Waals surface area contributed by atoms with Gasteiger partial charge >= 0.3 is 48.2 Å². The van der Waals surface area contributed by atoms with E-state index in [2.05, 4.69) is 117 Å². The Morgan fingerprint density at radius 3 is 1.24 bits per heavy atom. The smallest absolute Gasteiger partial charge is 0.408 e. The van der Waals surface area contributed by atoms with Crippen LogP contribution in [0.5, 0.6) is 0 Å². The molecule has 7 aliphatic rings. The maximum Gasteiger partial charge on any atom is 0.408 e. The second-order valence-electron chi connectivity index (χ2n) is 32.7. The molecule has 0 spiro atoms. The molecule has 5 atom stereocenters. The lowest BCUT2D eigenvalue weighted by Gasteiger charge is -2.34. The third-order valence-electron chi connectivity index (χ3n) is 20.0. The third kappa shape index (κ3) is 25.1. The highest BCUT2D eigenvalue weighted by atomic mass is 79.9. The zero-order valence-electron chi connectivity index (χ0n) is 73.4. The normalized spacial score (nSPS) is 18.1. The molecule has 44 heteroatoms. The van der Waals surface area contributed by atoms with Crippen molar-refractivity contribution in [3.8, 4) is 46.7 Å². The number of imide groups is 2. The zero-order chi connectivity index (χ0) is 94.7. The third-order valence-corrected chi connectivity index (χ3v) is 27.9. The first kappa shape index (κ1) is 101. The molecule has 684 valence electrons. The van der Waals surface area contributed by atoms with E-state index in [9.17, 15) is 71.9 Å². The number of aromatic nitrogens is 1. The number of nitrogens with zero attached hydrogens (tertiary/aromatic N) is 6. The van der Waals surface area contributed by atoms with Crippen molar-refractivity contribution in [3.63, 3.8) is 0 Å². The van der Waals surface area contributed by atoms with Crippen LogP contribution in [0, 0.1) is 46.7 Å². The van der Waals surface area contributed by atoms with E-state index in [0.29, 0.717) is 81.4 Å². The van der Waals surface area contributed by atoms with E-state index in [0.717, 1.165) is 46.5 Å². The number of carbonyl (C=O) groups is 15. The van der Waals surface area contributed by atoms with Crippen molar-refractivity contribution in [3.05, 3.63) is 140 Å². The number of methoxy groups -OCH3 is 6. The summed E-state index contributed by atoms with van der Waals surface area (Å²) in [6, 6.07) is 10.9. The highest BCUT2D eigenvalue weighted by molar-refractivity contribution is 9.09. The van der Waals surface area contributed by atoms with Crippen LogP contribution in [-0.4, -0.2) is 273 Å². The average Bonchev–Trinajstić information content (AvgIpc) is 1.59. The number of fused-ring (bicyclic) bond motifs is 6.